The number of nitrogens with one attached hydrogen (secondary N) is 2. The first-order chi connectivity index (χ1) is 11.3. The van der Waals surface area contributed by atoms with Gasteiger partial charge in [-0.25, -0.2) is 0 Å². The third-order valence-electron chi connectivity index (χ3n) is 3.69. The number of alkyl halides is 3. The maximum Gasteiger partial charge on any atom is 0.416 e. The third-order valence-corrected chi connectivity index (χ3v) is 3.69. The molecule has 0 aliphatic carbocycles. The van der Waals surface area contributed by atoms with Crippen molar-refractivity contribution >= 4 is 23.2 Å². The van der Waals surface area contributed by atoms with Gasteiger partial charge < -0.3 is 10.6 Å². The molecular formula is C17H13F3N2O2. The van der Waals surface area contributed by atoms with E-state index in [0.717, 1.165) is 17.7 Å². The number of fused-ring (bicyclic) bond motifs is 1. The van der Waals surface area contributed by atoms with Gasteiger partial charge >= 0.3 is 6.18 Å². The van der Waals surface area contributed by atoms with Crippen LogP contribution in [0.4, 0.5) is 24.5 Å². The number of rotatable bonds is 3. The highest BCUT2D eigenvalue weighted by molar-refractivity contribution is 6.06. The van der Waals surface area contributed by atoms with Crippen molar-refractivity contribution in [1.82, 2.24) is 0 Å². The zero-order chi connectivity index (χ0) is 17.3. The summed E-state index contributed by atoms with van der Waals surface area (Å²) in [4.78, 5) is 23.5. The van der Waals surface area contributed by atoms with E-state index in [4.69, 9.17) is 0 Å². The van der Waals surface area contributed by atoms with E-state index in [9.17, 15) is 22.8 Å². The van der Waals surface area contributed by atoms with E-state index in [0.29, 0.717) is 16.9 Å². The molecule has 2 N–H and O–H groups in total. The van der Waals surface area contributed by atoms with Crippen LogP contribution >= 0.6 is 0 Å². The van der Waals surface area contributed by atoms with Crippen LogP contribution in [-0.2, 0) is 28.6 Å². The Balaban J connectivity index is 1.69. The number of benzene rings is 2. The molecule has 0 spiro atoms. The van der Waals surface area contributed by atoms with E-state index in [2.05, 4.69) is 10.6 Å². The number of hydrogen-bond donors (Lipinski definition) is 2. The maximum absolute atomic E-state index is 12.5. The Morgan fingerprint density at radius 3 is 2.50 bits per heavy atom. The number of halogens is 3. The molecule has 124 valence electrons. The van der Waals surface area contributed by atoms with E-state index in [-0.39, 0.29) is 24.7 Å². The molecule has 0 unspecified atom stereocenters. The largest absolute Gasteiger partial charge is 0.416 e. The molecule has 0 aromatic heterocycles. The van der Waals surface area contributed by atoms with Gasteiger partial charge in [-0.2, -0.15) is 13.2 Å². The number of para-hydroxylation sites is 1. The highest BCUT2D eigenvalue weighted by Gasteiger charge is 2.30. The molecule has 24 heavy (non-hydrogen) atoms. The fourth-order valence-electron chi connectivity index (χ4n) is 2.55. The van der Waals surface area contributed by atoms with Crippen LogP contribution in [0.3, 0.4) is 0 Å². The van der Waals surface area contributed by atoms with Crippen LogP contribution in [0.1, 0.15) is 16.7 Å². The molecule has 1 heterocycles. The minimum Gasteiger partial charge on any atom is -0.324 e. The van der Waals surface area contributed by atoms with Gasteiger partial charge in [-0.05, 0) is 29.3 Å². The minimum absolute atomic E-state index is 0.0598. The molecule has 0 saturated heterocycles. The van der Waals surface area contributed by atoms with E-state index >= 15 is 0 Å². The second kappa shape index (κ2) is 5.99. The molecular weight excluding hydrogens is 321 g/mol. The molecule has 2 amide bonds. The first-order valence-electron chi connectivity index (χ1n) is 7.20. The highest BCUT2D eigenvalue weighted by atomic mass is 19.4. The summed E-state index contributed by atoms with van der Waals surface area (Å²) in [7, 11) is 0. The average molecular weight is 334 g/mol. The summed E-state index contributed by atoms with van der Waals surface area (Å²) in [6, 6.07) is 9.63. The summed E-state index contributed by atoms with van der Waals surface area (Å²) in [6.07, 6.45) is -4.20. The normalized spacial score (nSPS) is 13.4. The van der Waals surface area contributed by atoms with Gasteiger partial charge in [0.2, 0.25) is 11.8 Å². The van der Waals surface area contributed by atoms with Gasteiger partial charge in [0, 0.05) is 0 Å². The summed E-state index contributed by atoms with van der Waals surface area (Å²) in [5.74, 6) is -0.515. The number of carbonyl (C=O) groups is 2. The van der Waals surface area contributed by atoms with Gasteiger partial charge in [-0.3, -0.25) is 9.59 Å². The summed E-state index contributed by atoms with van der Waals surface area (Å²) < 4.78 is 37.5. The molecule has 0 bridgehead atoms. The van der Waals surface area contributed by atoms with E-state index < -0.39 is 11.7 Å². The minimum atomic E-state index is -4.40. The van der Waals surface area contributed by atoms with Gasteiger partial charge in [0.1, 0.15) is 0 Å². The first kappa shape index (κ1) is 16.0. The molecule has 1 aliphatic rings. The van der Waals surface area contributed by atoms with Gasteiger partial charge in [0.15, 0.2) is 0 Å². The van der Waals surface area contributed by atoms with Crippen LogP contribution in [0.25, 0.3) is 0 Å². The predicted octanol–water partition coefficient (Wildman–Crippen LogP) is 3.38. The standard InChI is InChI=1S/C17H13F3N2O2/c18-17(19,20)12-6-4-10(5-7-12)8-14(23)21-13-3-1-2-11-9-15(24)22-16(11)13/h1-7H,8-9H2,(H,21,23)(H,22,24). The second-order valence-corrected chi connectivity index (χ2v) is 5.48. The Labute approximate surface area is 135 Å². The smallest absolute Gasteiger partial charge is 0.324 e. The van der Waals surface area contributed by atoms with E-state index in [1.165, 1.54) is 12.1 Å². The quantitative estimate of drug-likeness (QED) is 0.904. The molecule has 2 aromatic rings. The Hall–Kier alpha value is -2.83. The van der Waals surface area contributed by atoms with Gasteiger partial charge in [0.05, 0.1) is 29.8 Å². The van der Waals surface area contributed by atoms with Gasteiger partial charge in [-0.15, -0.1) is 0 Å². The summed E-state index contributed by atoms with van der Waals surface area (Å²) >= 11 is 0. The molecule has 3 rings (SSSR count). The Kier molecular flexibility index (Phi) is 4.01. The van der Waals surface area contributed by atoms with Crippen molar-refractivity contribution in [3.8, 4) is 0 Å². The monoisotopic (exact) mass is 334 g/mol. The average Bonchev–Trinajstić information content (AvgIpc) is 2.88. The number of anilines is 2. The Morgan fingerprint density at radius 1 is 1.12 bits per heavy atom. The van der Waals surface area contributed by atoms with Crippen LogP contribution in [0.2, 0.25) is 0 Å². The molecule has 4 nitrogen and oxygen atoms in total. The lowest BCUT2D eigenvalue weighted by atomic mass is 10.1. The molecule has 0 saturated carbocycles. The first-order valence-corrected chi connectivity index (χ1v) is 7.20. The third kappa shape index (κ3) is 3.40. The summed E-state index contributed by atoms with van der Waals surface area (Å²) in [6.45, 7) is 0. The molecule has 0 radical (unpaired) electrons. The van der Waals surface area contributed by atoms with Crippen molar-refractivity contribution in [2.24, 2.45) is 0 Å². The van der Waals surface area contributed by atoms with Crippen LogP contribution in [0.5, 0.6) is 0 Å². The molecule has 2 aromatic carbocycles. The fraction of sp³-hybridized carbons (Fsp3) is 0.176. The van der Waals surface area contributed by atoms with Crippen LogP contribution in [0.15, 0.2) is 42.5 Å². The van der Waals surface area contributed by atoms with E-state index in [1.807, 2.05) is 0 Å². The molecule has 0 atom stereocenters. The van der Waals surface area contributed by atoms with Crippen molar-refractivity contribution in [3.63, 3.8) is 0 Å². The topological polar surface area (TPSA) is 58.2 Å². The van der Waals surface area contributed by atoms with Crippen molar-refractivity contribution in [3.05, 3.63) is 59.2 Å². The number of carbonyl (C=O) groups excluding carboxylic acids is 2. The van der Waals surface area contributed by atoms with Gasteiger partial charge in [0.25, 0.3) is 0 Å². The van der Waals surface area contributed by atoms with Crippen molar-refractivity contribution < 1.29 is 22.8 Å². The zero-order valence-electron chi connectivity index (χ0n) is 12.4. The summed E-state index contributed by atoms with van der Waals surface area (Å²) in [5, 5.41) is 5.36. The fourth-order valence-corrected chi connectivity index (χ4v) is 2.55. The maximum atomic E-state index is 12.5. The van der Waals surface area contributed by atoms with E-state index in [1.54, 1.807) is 18.2 Å². The number of amides is 2. The lowest BCUT2D eigenvalue weighted by Gasteiger charge is -2.11. The Morgan fingerprint density at radius 2 is 1.83 bits per heavy atom. The van der Waals surface area contributed by atoms with Crippen molar-refractivity contribution in [2.75, 3.05) is 10.6 Å². The highest BCUT2D eigenvalue weighted by Crippen LogP contribution is 2.31. The van der Waals surface area contributed by atoms with Crippen LogP contribution in [-0.4, -0.2) is 11.8 Å². The summed E-state index contributed by atoms with van der Waals surface area (Å²) in [5.41, 5.74) is 1.57. The molecule has 1 aliphatic heterocycles. The van der Waals surface area contributed by atoms with Crippen molar-refractivity contribution in [2.45, 2.75) is 19.0 Å². The zero-order valence-corrected chi connectivity index (χ0v) is 12.4. The predicted molar refractivity (Wildman–Crippen MR) is 82.6 cm³/mol. The van der Waals surface area contributed by atoms with Crippen molar-refractivity contribution in [1.29, 1.82) is 0 Å². The lowest BCUT2D eigenvalue weighted by molar-refractivity contribution is -0.137. The molecule has 0 fully saturated rings. The number of hydrogen-bond acceptors (Lipinski definition) is 2. The Bertz CT molecular complexity index is 798. The van der Waals surface area contributed by atoms with Crippen LogP contribution < -0.4 is 10.6 Å². The van der Waals surface area contributed by atoms with Gasteiger partial charge in [-0.1, -0.05) is 24.3 Å². The second-order valence-electron chi connectivity index (χ2n) is 5.48. The van der Waals surface area contributed by atoms with Crippen LogP contribution in [0, 0.1) is 0 Å². The molecule has 7 heteroatoms. The SMILES string of the molecule is O=C(Cc1ccc(C(F)(F)F)cc1)Nc1cccc2c1NC(=O)C2. The lowest BCUT2D eigenvalue weighted by Crippen LogP contribution is -2.16.